The zero-order valence-electron chi connectivity index (χ0n) is 31.1. The van der Waals surface area contributed by atoms with Crippen molar-refractivity contribution in [1.29, 1.82) is 0 Å². The highest BCUT2D eigenvalue weighted by molar-refractivity contribution is 7.85. The minimum Gasteiger partial charge on any atom is -0.506 e. The molecule has 0 saturated heterocycles. The molecule has 4 N–H and O–H groups in total. The molecule has 0 radical (unpaired) electrons. The van der Waals surface area contributed by atoms with Gasteiger partial charge in [0.2, 0.25) is 0 Å². The molecular formula is C42H53N3O8S. The molecule has 54 heavy (non-hydrogen) atoms. The van der Waals surface area contributed by atoms with Gasteiger partial charge in [-0.05, 0) is 42.8 Å². The number of carboxylic acids is 1. The van der Waals surface area contributed by atoms with Gasteiger partial charge in [0.1, 0.15) is 17.2 Å². The summed E-state index contributed by atoms with van der Waals surface area (Å²) in [6.07, 6.45) is 19.9. The highest BCUT2D eigenvalue weighted by Crippen LogP contribution is 2.38. The lowest BCUT2D eigenvalue weighted by Crippen LogP contribution is -2.14. The average Bonchev–Trinajstić information content (AvgIpc) is 3.16. The summed E-state index contributed by atoms with van der Waals surface area (Å²) >= 11 is 0. The van der Waals surface area contributed by atoms with E-state index in [4.69, 9.17) is 4.74 Å². The number of benzene rings is 4. The molecule has 4 aromatic carbocycles. The first kappa shape index (κ1) is 41.9. The molecule has 11 nitrogen and oxygen atoms in total. The summed E-state index contributed by atoms with van der Waals surface area (Å²) in [6, 6.07) is 17.7. The molecule has 4 aromatic rings. The number of rotatable bonds is 24. The van der Waals surface area contributed by atoms with Gasteiger partial charge >= 0.3 is 5.97 Å². The van der Waals surface area contributed by atoms with Crippen molar-refractivity contribution in [2.75, 3.05) is 11.9 Å². The van der Waals surface area contributed by atoms with Crippen molar-refractivity contribution in [3.8, 4) is 11.5 Å². The minimum atomic E-state index is -4.61. The van der Waals surface area contributed by atoms with Crippen molar-refractivity contribution in [3.63, 3.8) is 0 Å². The monoisotopic (exact) mass is 759 g/mol. The van der Waals surface area contributed by atoms with E-state index >= 15 is 0 Å². The van der Waals surface area contributed by atoms with E-state index in [1.165, 1.54) is 107 Å². The first-order valence-corrected chi connectivity index (χ1v) is 20.6. The predicted molar refractivity (Wildman–Crippen MR) is 212 cm³/mol. The Morgan fingerprint density at radius 3 is 1.80 bits per heavy atom. The van der Waals surface area contributed by atoms with Gasteiger partial charge in [0.15, 0.2) is 0 Å². The molecule has 1 amide bonds. The van der Waals surface area contributed by atoms with E-state index < -0.39 is 26.9 Å². The van der Waals surface area contributed by atoms with Crippen LogP contribution in [0.4, 0.5) is 17.1 Å². The third-order valence-corrected chi connectivity index (χ3v) is 10.2. The SMILES string of the molecule is CCCCCCCCCCCCCCCCCCOc1ccc(S(=O)(=O)O)cc1NC(=O)c1cc(N=Nc2ccccc2C(=O)O)c2ccccc2c1O. The Kier molecular flexibility index (Phi) is 16.9. The number of hydrogen-bond donors (Lipinski definition) is 4. The Morgan fingerprint density at radius 1 is 0.667 bits per heavy atom. The number of aromatic hydroxyl groups is 1. The van der Waals surface area contributed by atoms with E-state index in [1.807, 2.05) is 0 Å². The number of hydrogen-bond acceptors (Lipinski definition) is 8. The molecule has 0 aromatic heterocycles. The van der Waals surface area contributed by atoms with Crippen molar-refractivity contribution in [3.05, 3.63) is 83.9 Å². The van der Waals surface area contributed by atoms with Crippen molar-refractivity contribution in [2.45, 2.75) is 115 Å². The van der Waals surface area contributed by atoms with Crippen LogP contribution < -0.4 is 10.1 Å². The van der Waals surface area contributed by atoms with Gasteiger partial charge in [0.05, 0.1) is 34.0 Å². The lowest BCUT2D eigenvalue weighted by Gasteiger charge is -2.15. The summed E-state index contributed by atoms with van der Waals surface area (Å²) < 4.78 is 39.6. The van der Waals surface area contributed by atoms with Gasteiger partial charge in [-0.15, -0.1) is 10.2 Å². The maximum Gasteiger partial charge on any atom is 0.337 e. The third-order valence-electron chi connectivity index (χ3n) is 9.39. The van der Waals surface area contributed by atoms with Crippen LogP contribution in [0.5, 0.6) is 11.5 Å². The number of amides is 1. The zero-order chi connectivity index (χ0) is 38.8. The molecule has 0 aliphatic carbocycles. The number of nitrogens with one attached hydrogen (secondary N) is 1. The van der Waals surface area contributed by atoms with E-state index in [0.29, 0.717) is 12.0 Å². The number of anilines is 1. The van der Waals surface area contributed by atoms with Gasteiger partial charge in [-0.1, -0.05) is 140 Å². The number of unbranched alkanes of at least 4 members (excludes halogenated alkanes) is 15. The van der Waals surface area contributed by atoms with Gasteiger partial charge in [0.25, 0.3) is 16.0 Å². The maximum atomic E-state index is 13.7. The number of phenolic OH excluding ortho intramolecular Hbond substituents is 1. The second-order valence-corrected chi connectivity index (χ2v) is 15.0. The lowest BCUT2D eigenvalue weighted by molar-refractivity contribution is 0.0697. The summed E-state index contributed by atoms with van der Waals surface area (Å²) in [5.74, 6) is -2.14. The van der Waals surface area contributed by atoms with Crippen molar-refractivity contribution in [1.82, 2.24) is 0 Å². The number of phenols is 1. The third kappa shape index (κ3) is 12.9. The Balaban J connectivity index is 1.35. The molecule has 0 saturated carbocycles. The van der Waals surface area contributed by atoms with E-state index in [2.05, 4.69) is 22.5 Å². The quantitative estimate of drug-likeness (QED) is 0.0310. The fraction of sp³-hybridized carbons (Fsp3) is 0.429. The molecule has 290 valence electrons. The Hall–Kier alpha value is -4.81. The zero-order valence-corrected chi connectivity index (χ0v) is 32.0. The fourth-order valence-electron chi connectivity index (χ4n) is 6.36. The van der Waals surface area contributed by atoms with Crippen molar-refractivity contribution >= 4 is 49.8 Å². The molecular weight excluding hydrogens is 707 g/mol. The van der Waals surface area contributed by atoms with E-state index in [-0.39, 0.29) is 45.1 Å². The smallest absolute Gasteiger partial charge is 0.337 e. The van der Waals surface area contributed by atoms with E-state index in [1.54, 1.807) is 36.4 Å². The van der Waals surface area contributed by atoms with Crippen LogP contribution in [0.25, 0.3) is 10.8 Å². The Bertz CT molecular complexity index is 1980. The number of ether oxygens (including phenoxy) is 1. The number of aromatic carboxylic acids is 1. The molecule has 0 fully saturated rings. The van der Waals surface area contributed by atoms with E-state index in [9.17, 15) is 32.8 Å². The highest BCUT2D eigenvalue weighted by atomic mass is 32.2. The molecule has 0 heterocycles. The van der Waals surface area contributed by atoms with Crippen molar-refractivity contribution < 1.29 is 37.5 Å². The number of carboxylic acid groups (broad SMARTS) is 1. The average molecular weight is 760 g/mol. The molecule has 0 bridgehead atoms. The molecule has 12 heteroatoms. The number of carbonyl (C=O) groups excluding carboxylic acids is 1. The standard InChI is InChI=1S/C42H53N3O8S/c1-2-3-4-5-6-7-8-9-10-11-12-13-14-15-16-21-28-53-39-27-26-31(54(50,51)52)29-38(39)43-41(47)35-30-37(32-22-17-18-23-33(32)40(35)46)45-44-36-25-20-19-24-34(36)42(48)49/h17-20,22-27,29-30,46H,2-16,21,28H2,1H3,(H,43,47)(H,48,49)(H,50,51,52). The Morgan fingerprint density at radius 2 is 1.20 bits per heavy atom. The first-order chi connectivity index (χ1) is 26.1. The number of nitrogens with zero attached hydrogens (tertiary/aromatic N) is 2. The number of fused-ring (bicyclic) bond motifs is 1. The van der Waals surface area contributed by atoms with Crippen LogP contribution in [0.15, 0.2) is 87.9 Å². The van der Waals surface area contributed by atoms with Gasteiger partial charge in [-0.25, -0.2) is 4.79 Å². The Labute approximate surface area is 318 Å². The highest BCUT2D eigenvalue weighted by Gasteiger charge is 2.21. The summed E-state index contributed by atoms with van der Waals surface area (Å²) in [5.41, 5.74) is 0.00257. The van der Waals surface area contributed by atoms with Gasteiger partial charge < -0.3 is 20.3 Å². The number of carbonyl (C=O) groups is 2. The van der Waals surface area contributed by atoms with Crippen LogP contribution >= 0.6 is 0 Å². The summed E-state index contributed by atoms with van der Waals surface area (Å²) in [5, 5.41) is 32.5. The molecule has 0 atom stereocenters. The largest absolute Gasteiger partial charge is 0.506 e. The fourth-order valence-corrected chi connectivity index (χ4v) is 6.87. The second kappa shape index (κ2) is 21.8. The van der Waals surface area contributed by atoms with Crippen molar-refractivity contribution in [2.24, 2.45) is 10.2 Å². The normalized spacial score (nSPS) is 11.7. The van der Waals surface area contributed by atoms with E-state index in [0.717, 1.165) is 31.7 Å². The van der Waals surface area contributed by atoms with Gasteiger partial charge in [-0.2, -0.15) is 8.42 Å². The van der Waals surface area contributed by atoms with Gasteiger partial charge in [-0.3, -0.25) is 9.35 Å². The van der Waals surface area contributed by atoms with Crippen LogP contribution in [-0.4, -0.2) is 41.7 Å². The molecule has 0 aliphatic heterocycles. The topological polar surface area (TPSA) is 175 Å². The minimum absolute atomic E-state index is 0.0160. The summed E-state index contributed by atoms with van der Waals surface area (Å²) in [7, 11) is -4.61. The van der Waals surface area contributed by atoms with Crippen LogP contribution in [0.3, 0.4) is 0 Å². The molecule has 0 unspecified atom stereocenters. The summed E-state index contributed by atoms with van der Waals surface area (Å²) in [6.45, 7) is 2.58. The number of azo groups is 1. The van der Waals surface area contributed by atoms with Gasteiger partial charge in [0, 0.05) is 10.8 Å². The molecule has 4 rings (SSSR count). The molecule has 0 aliphatic rings. The van der Waals surface area contributed by atoms with Crippen LogP contribution in [-0.2, 0) is 10.1 Å². The van der Waals surface area contributed by atoms with Crippen LogP contribution in [0.2, 0.25) is 0 Å². The maximum absolute atomic E-state index is 13.7. The lowest BCUT2D eigenvalue weighted by atomic mass is 10.0. The van der Waals surface area contributed by atoms with Crippen LogP contribution in [0, 0.1) is 0 Å². The summed E-state index contributed by atoms with van der Waals surface area (Å²) in [4.78, 5) is 24.9. The van der Waals surface area contributed by atoms with Crippen LogP contribution in [0.1, 0.15) is 130 Å². The molecule has 0 spiro atoms. The second-order valence-electron chi connectivity index (χ2n) is 13.6. The predicted octanol–water partition coefficient (Wildman–Crippen LogP) is 11.8. The first-order valence-electron chi connectivity index (χ1n) is 19.1.